The minimum Gasteiger partial charge on any atom is -0.388 e. The van der Waals surface area contributed by atoms with E-state index >= 15 is 0 Å². The summed E-state index contributed by atoms with van der Waals surface area (Å²) in [5.74, 6) is 2.17. The van der Waals surface area contributed by atoms with Gasteiger partial charge in [-0.2, -0.15) is 11.8 Å². The second-order valence-corrected chi connectivity index (χ2v) is 7.11. The molecule has 2 aliphatic rings. The van der Waals surface area contributed by atoms with E-state index in [9.17, 15) is 13.9 Å². The highest BCUT2D eigenvalue weighted by molar-refractivity contribution is 7.99. The second kappa shape index (κ2) is 6.23. The van der Waals surface area contributed by atoms with Crippen molar-refractivity contribution in [1.82, 2.24) is 0 Å². The van der Waals surface area contributed by atoms with E-state index in [1.807, 2.05) is 11.8 Å². The third-order valence-corrected chi connectivity index (χ3v) is 5.77. The molecule has 0 aromatic heterocycles. The molecule has 1 spiro atoms. The summed E-state index contributed by atoms with van der Waals surface area (Å²) in [6.07, 6.45) is -0.552. The van der Waals surface area contributed by atoms with Crippen molar-refractivity contribution in [3.63, 3.8) is 0 Å². The van der Waals surface area contributed by atoms with Crippen molar-refractivity contribution in [2.45, 2.75) is 37.4 Å². The van der Waals surface area contributed by atoms with E-state index in [1.165, 1.54) is 12.1 Å². The largest absolute Gasteiger partial charge is 0.388 e. The number of thioether (sulfide) groups is 1. The standard InChI is InChI=1S/C16H20F2O2S/c17-15(18)12-3-1-2-11(8-12)14(19)13-4-6-20-16(9-13)5-7-21-10-16/h1-3,8,13-15,19H,4-7,9-10H2. The van der Waals surface area contributed by atoms with Gasteiger partial charge in [0, 0.05) is 17.9 Å². The molecule has 3 rings (SSSR count). The molecule has 0 aliphatic carbocycles. The molecule has 0 saturated carbocycles. The highest BCUT2D eigenvalue weighted by Gasteiger charge is 2.42. The third kappa shape index (κ3) is 3.25. The zero-order valence-corrected chi connectivity index (χ0v) is 12.6. The van der Waals surface area contributed by atoms with Gasteiger partial charge in [0.25, 0.3) is 6.43 Å². The molecule has 2 heterocycles. The molecular weight excluding hydrogens is 294 g/mol. The zero-order valence-electron chi connectivity index (χ0n) is 11.8. The van der Waals surface area contributed by atoms with Gasteiger partial charge < -0.3 is 9.84 Å². The lowest BCUT2D eigenvalue weighted by Gasteiger charge is -2.39. The van der Waals surface area contributed by atoms with Crippen molar-refractivity contribution < 1.29 is 18.6 Å². The topological polar surface area (TPSA) is 29.5 Å². The molecule has 1 aromatic rings. The van der Waals surface area contributed by atoms with Gasteiger partial charge in [0.1, 0.15) is 0 Å². The third-order valence-electron chi connectivity index (χ3n) is 4.55. The van der Waals surface area contributed by atoms with Crippen LogP contribution in [-0.2, 0) is 4.74 Å². The maximum absolute atomic E-state index is 12.8. The Bertz CT molecular complexity index is 489. The fourth-order valence-electron chi connectivity index (χ4n) is 3.35. The molecule has 116 valence electrons. The fraction of sp³-hybridized carbons (Fsp3) is 0.625. The summed E-state index contributed by atoms with van der Waals surface area (Å²) in [5, 5.41) is 10.6. The Hall–Kier alpha value is -0.650. The van der Waals surface area contributed by atoms with Gasteiger partial charge in [0.05, 0.1) is 11.7 Å². The summed E-state index contributed by atoms with van der Waals surface area (Å²) in [6.45, 7) is 0.650. The highest BCUT2D eigenvalue weighted by Crippen LogP contribution is 2.44. The zero-order chi connectivity index (χ0) is 14.9. The van der Waals surface area contributed by atoms with Crippen molar-refractivity contribution in [3.05, 3.63) is 35.4 Å². The number of aliphatic hydroxyl groups is 1. The molecule has 2 fully saturated rings. The van der Waals surface area contributed by atoms with Crippen LogP contribution in [-0.4, -0.2) is 28.8 Å². The van der Waals surface area contributed by atoms with E-state index < -0.39 is 12.5 Å². The predicted molar refractivity (Wildman–Crippen MR) is 79.7 cm³/mol. The Morgan fingerprint density at radius 2 is 2.14 bits per heavy atom. The molecule has 5 heteroatoms. The minimum absolute atomic E-state index is 0.0234. The molecule has 3 unspecified atom stereocenters. The summed E-state index contributed by atoms with van der Waals surface area (Å²) in [4.78, 5) is 0. The van der Waals surface area contributed by atoms with E-state index in [4.69, 9.17) is 4.74 Å². The summed E-state index contributed by atoms with van der Waals surface area (Å²) < 4.78 is 31.5. The van der Waals surface area contributed by atoms with Crippen molar-refractivity contribution in [2.75, 3.05) is 18.1 Å². The lowest BCUT2D eigenvalue weighted by atomic mass is 9.80. The first-order valence-corrected chi connectivity index (χ1v) is 8.53. The molecule has 0 amide bonds. The number of rotatable bonds is 3. The Kier molecular flexibility index (Phi) is 4.52. The molecule has 1 aromatic carbocycles. The van der Waals surface area contributed by atoms with Crippen LogP contribution in [0.2, 0.25) is 0 Å². The van der Waals surface area contributed by atoms with Gasteiger partial charge in [-0.1, -0.05) is 18.2 Å². The van der Waals surface area contributed by atoms with Crippen LogP contribution >= 0.6 is 11.8 Å². The summed E-state index contributed by atoms with van der Waals surface area (Å²) >= 11 is 1.89. The van der Waals surface area contributed by atoms with E-state index in [1.54, 1.807) is 12.1 Å². The van der Waals surface area contributed by atoms with Gasteiger partial charge in [-0.25, -0.2) is 8.78 Å². The molecule has 21 heavy (non-hydrogen) atoms. The first-order chi connectivity index (χ1) is 10.1. The summed E-state index contributed by atoms with van der Waals surface area (Å²) in [6, 6.07) is 6.17. The number of benzene rings is 1. The van der Waals surface area contributed by atoms with Crippen LogP contribution in [0, 0.1) is 5.92 Å². The Morgan fingerprint density at radius 1 is 1.33 bits per heavy atom. The molecule has 0 bridgehead atoms. The number of aliphatic hydroxyl groups excluding tert-OH is 1. The smallest absolute Gasteiger partial charge is 0.263 e. The molecular formula is C16H20F2O2S. The predicted octanol–water partition coefficient (Wildman–Crippen LogP) is 3.96. The lowest BCUT2D eigenvalue weighted by molar-refractivity contribution is -0.102. The maximum atomic E-state index is 12.8. The normalized spacial score (nSPS) is 31.0. The molecule has 1 N–H and O–H groups in total. The van der Waals surface area contributed by atoms with Crippen LogP contribution in [0.15, 0.2) is 24.3 Å². The molecule has 0 radical (unpaired) electrons. The summed E-state index contributed by atoms with van der Waals surface area (Å²) in [7, 11) is 0. The van der Waals surface area contributed by atoms with Gasteiger partial charge >= 0.3 is 0 Å². The van der Waals surface area contributed by atoms with Gasteiger partial charge in [0.2, 0.25) is 0 Å². The van der Waals surface area contributed by atoms with Crippen LogP contribution in [0.1, 0.15) is 42.9 Å². The van der Waals surface area contributed by atoms with Crippen LogP contribution < -0.4 is 0 Å². The van der Waals surface area contributed by atoms with E-state index in [2.05, 4.69) is 0 Å². The number of ether oxygens (including phenoxy) is 1. The van der Waals surface area contributed by atoms with Crippen molar-refractivity contribution in [1.29, 1.82) is 0 Å². The lowest BCUT2D eigenvalue weighted by Crippen LogP contribution is -2.41. The first-order valence-electron chi connectivity index (χ1n) is 7.37. The van der Waals surface area contributed by atoms with E-state index in [0.29, 0.717) is 12.2 Å². The van der Waals surface area contributed by atoms with E-state index in [-0.39, 0.29) is 17.1 Å². The van der Waals surface area contributed by atoms with Crippen LogP contribution in [0.25, 0.3) is 0 Å². The van der Waals surface area contributed by atoms with Crippen molar-refractivity contribution in [3.8, 4) is 0 Å². The number of halogens is 2. The van der Waals surface area contributed by atoms with Crippen LogP contribution in [0.3, 0.4) is 0 Å². The molecule has 2 saturated heterocycles. The fourth-order valence-corrected chi connectivity index (χ4v) is 4.73. The number of alkyl halides is 2. The Balaban J connectivity index is 1.75. The molecule has 2 nitrogen and oxygen atoms in total. The Labute approximate surface area is 127 Å². The Morgan fingerprint density at radius 3 is 2.86 bits per heavy atom. The van der Waals surface area contributed by atoms with Gasteiger partial charge in [-0.15, -0.1) is 0 Å². The maximum Gasteiger partial charge on any atom is 0.263 e. The van der Waals surface area contributed by atoms with Crippen molar-refractivity contribution in [2.24, 2.45) is 5.92 Å². The van der Waals surface area contributed by atoms with Crippen molar-refractivity contribution >= 4 is 11.8 Å². The SMILES string of the molecule is OC(c1cccc(C(F)F)c1)C1CCOC2(CCSC2)C1. The van der Waals surface area contributed by atoms with Gasteiger partial charge in [0.15, 0.2) is 0 Å². The molecule has 3 atom stereocenters. The van der Waals surface area contributed by atoms with Gasteiger partial charge in [-0.3, -0.25) is 0 Å². The van der Waals surface area contributed by atoms with Gasteiger partial charge in [-0.05, 0) is 42.6 Å². The van der Waals surface area contributed by atoms with Crippen LogP contribution in [0.5, 0.6) is 0 Å². The average molecular weight is 314 g/mol. The number of hydrogen-bond donors (Lipinski definition) is 1. The molecule has 2 aliphatic heterocycles. The number of hydrogen-bond acceptors (Lipinski definition) is 3. The second-order valence-electron chi connectivity index (χ2n) is 6.00. The summed E-state index contributed by atoms with van der Waals surface area (Å²) in [5.41, 5.74) is 0.472. The first kappa shape index (κ1) is 15.3. The van der Waals surface area contributed by atoms with E-state index in [0.717, 1.165) is 30.8 Å². The average Bonchev–Trinajstić information content (AvgIpc) is 2.94. The minimum atomic E-state index is -2.50. The highest BCUT2D eigenvalue weighted by atomic mass is 32.2. The quantitative estimate of drug-likeness (QED) is 0.916. The van der Waals surface area contributed by atoms with Crippen LogP contribution in [0.4, 0.5) is 8.78 Å². The monoisotopic (exact) mass is 314 g/mol.